The Morgan fingerprint density at radius 3 is 2.58 bits per heavy atom. The van der Waals surface area contributed by atoms with Crippen LogP contribution in [-0.2, 0) is 0 Å². The molecular weight excluding hydrogens is 245 g/mol. The van der Waals surface area contributed by atoms with Crippen LogP contribution in [0.3, 0.4) is 0 Å². The summed E-state index contributed by atoms with van der Waals surface area (Å²) in [5, 5.41) is 0. The first-order valence-corrected chi connectivity index (χ1v) is 6.74. The number of amides is 1. The molecule has 0 unspecified atom stereocenters. The number of methoxy groups -OCH3 is 1. The van der Waals surface area contributed by atoms with Crippen LogP contribution in [0.4, 0.5) is 4.39 Å². The van der Waals surface area contributed by atoms with E-state index < -0.39 is 5.82 Å². The van der Waals surface area contributed by atoms with Crippen molar-refractivity contribution in [3.63, 3.8) is 0 Å². The Balaban J connectivity index is 2.12. The van der Waals surface area contributed by atoms with E-state index in [2.05, 4.69) is 0 Å². The average Bonchev–Trinajstić information content (AvgIpc) is 2.46. The molecule has 0 N–H and O–H groups in total. The topological polar surface area (TPSA) is 29.5 Å². The zero-order valence-electron chi connectivity index (χ0n) is 11.5. The van der Waals surface area contributed by atoms with E-state index in [1.54, 1.807) is 18.0 Å². The number of rotatable bonds is 3. The van der Waals surface area contributed by atoms with Crippen LogP contribution in [-0.4, -0.2) is 31.0 Å². The van der Waals surface area contributed by atoms with Crippen molar-refractivity contribution in [3.8, 4) is 5.75 Å². The van der Waals surface area contributed by atoms with Crippen LogP contribution < -0.4 is 4.74 Å². The predicted molar refractivity (Wildman–Crippen MR) is 71.9 cm³/mol. The minimum atomic E-state index is -0.495. The quantitative estimate of drug-likeness (QED) is 0.839. The maximum atomic E-state index is 13.6. The highest BCUT2D eigenvalue weighted by Gasteiger charge is 2.23. The molecule has 0 aliphatic heterocycles. The standard InChI is InChI=1S/C15H20FNO2/c1-17(12-6-4-3-5-7-12)15(18)11-8-9-14(19-2)13(16)10-11/h8-10,12H,3-7H2,1-2H3. The van der Waals surface area contributed by atoms with Gasteiger partial charge in [0.1, 0.15) is 0 Å². The van der Waals surface area contributed by atoms with Gasteiger partial charge in [0.15, 0.2) is 11.6 Å². The van der Waals surface area contributed by atoms with E-state index in [1.165, 1.54) is 38.5 Å². The van der Waals surface area contributed by atoms with Crippen molar-refractivity contribution in [1.82, 2.24) is 4.90 Å². The van der Waals surface area contributed by atoms with E-state index in [9.17, 15) is 9.18 Å². The molecule has 4 heteroatoms. The van der Waals surface area contributed by atoms with Crippen LogP contribution >= 0.6 is 0 Å². The zero-order chi connectivity index (χ0) is 13.8. The smallest absolute Gasteiger partial charge is 0.253 e. The van der Waals surface area contributed by atoms with Crippen LogP contribution in [0.25, 0.3) is 0 Å². The summed E-state index contributed by atoms with van der Waals surface area (Å²) in [4.78, 5) is 14.1. The maximum absolute atomic E-state index is 13.6. The lowest BCUT2D eigenvalue weighted by molar-refractivity contribution is 0.0695. The van der Waals surface area contributed by atoms with Gasteiger partial charge in [0, 0.05) is 18.7 Å². The maximum Gasteiger partial charge on any atom is 0.253 e. The van der Waals surface area contributed by atoms with Gasteiger partial charge in [-0.1, -0.05) is 19.3 Å². The minimum Gasteiger partial charge on any atom is -0.494 e. The second-order valence-corrected chi connectivity index (χ2v) is 5.06. The van der Waals surface area contributed by atoms with Crippen LogP contribution in [0.15, 0.2) is 18.2 Å². The minimum absolute atomic E-state index is 0.117. The monoisotopic (exact) mass is 265 g/mol. The lowest BCUT2D eigenvalue weighted by Crippen LogP contribution is -2.38. The molecule has 1 fully saturated rings. The molecule has 1 aromatic carbocycles. The number of nitrogens with zero attached hydrogens (tertiary/aromatic N) is 1. The summed E-state index contributed by atoms with van der Waals surface area (Å²) >= 11 is 0. The Labute approximate surface area is 113 Å². The number of benzene rings is 1. The first-order chi connectivity index (χ1) is 9.13. The van der Waals surface area contributed by atoms with Gasteiger partial charge in [-0.15, -0.1) is 0 Å². The average molecular weight is 265 g/mol. The summed E-state index contributed by atoms with van der Waals surface area (Å²) < 4.78 is 18.5. The molecule has 0 bridgehead atoms. The van der Waals surface area contributed by atoms with Crippen LogP contribution in [0, 0.1) is 5.82 Å². The molecule has 1 aromatic rings. The largest absolute Gasteiger partial charge is 0.494 e. The van der Waals surface area contributed by atoms with Gasteiger partial charge >= 0.3 is 0 Å². The lowest BCUT2D eigenvalue weighted by Gasteiger charge is -2.31. The second-order valence-electron chi connectivity index (χ2n) is 5.06. The molecule has 0 spiro atoms. The van der Waals surface area contributed by atoms with Crippen molar-refractivity contribution in [2.24, 2.45) is 0 Å². The van der Waals surface area contributed by atoms with Gasteiger partial charge < -0.3 is 9.64 Å². The fourth-order valence-electron chi connectivity index (χ4n) is 2.64. The molecule has 0 aromatic heterocycles. The molecule has 1 aliphatic carbocycles. The van der Waals surface area contributed by atoms with Crippen LogP contribution in [0.5, 0.6) is 5.75 Å². The summed E-state index contributed by atoms with van der Waals surface area (Å²) in [5.74, 6) is -0.448. The van der Waals surface area contributed by atoms with Gasteiger partial charge in [-0.3, -0.25) is 4.79 Å². The van der Waals surface area contributed by atoms with Gasteiger partial charge in [0.05, 0.1) is 7.11 Å². The molecule has 0 saturated heterocycles. The van der Waals surface area contributed by atoms with E-state index in [0.29, 0.717) is 5.56 Å². The summed E-state index contributed by atoms with van der Waals surface area (Å²) in [6, 6.07) is 4.65. The molecule has 3 nitrogen and oxygen atoms in total. The molecule has 1 saturated carbocycles. The summed E-state index contributed by atoms with van der Waals surface area (Å²) in [6.07, 6.45) is 5.66. The van der Waals surface area contributed by atoms with Gasteiger partial charge in [-0.05, 0) is 31.0 Å². The second kappa shape index (κ2) is 6.04. The Morgan fingerprint density at radius 2 is 2.00 bits per heavy atom. The van der Waals surface area contributed by atoms with Crippen molar-refractivity contribution in [2.75, 3.05) is 14.2 Å². The van der Waals surface area contributed by atoms with Crippen molar-refractivity contribution in [3.05, 3.63) is 29.6 Å². The third-order valence-electron chi connectivity index (χ3n) is 3.84. The highest BCUT2D eigenvalue weighted by molar-refractivity contribution is 5.94. The fourth-order valence-corrected chi connectivity index (χ4v) is 2.64. The highest BCUT2D eigenvalue weighted by Crippen LogP contribution is 2.24. The Bertz CT molecular complexity index is 455. The number of hydrogen-bond donors (Lipinski definition) is 0. The Morgan fingerprint density at radius 1 is 1.32 bits per heavy atom. The molecule has 19 heavy (non-hydrogen) atoms. The zero-order valence-corrected chi connectivity index (χ0v) is 11.5. The van der Waals surface area contributed by atoms with Gasteiger partial charge in [-0.25, -0.2) is 4.39 Å². The molecule has 1 aliphatic rings. The van der Waals surface area contributed by atoms with Gasteiger partial charge in [0.25, 0.3) is 5.91 Å². The third kappa shape index (κ3) is 3.06. The predicted octanol–water partition coefficient (Wildman–Crippen LogP) is 3.24. The fraction of sp³-hybridized carbons (Fsp3) is 0.533. The Hall–Kier alpha value is -1.58. The highest BCUT2D eigenvalue weighted by atomic mass is 19.1. The number of hydrogen-bond acceptors (Lipinski definition) is 2. The van der Waals surface area contributed by atoms with Crippen molar-refractivity contribution >= 4 is 5.91 Å². The van der Waals surface area contributed by atoms with E-state index in [4.69, 9.17) is 4.74 Å². The lowest BCUT2D eigenvalue weighted by atomic mass is 9.94. The third-order valence-corrected chi connectivity index (χ3v) is 3.84. The number of carbonyl (C=O) groups is 1. The van der Waals surface area contributed by atoms with Crippen LogP contribution in [0.1, 0.15) is 42.5 Å². The van der Waals surface area contributed by atoms with Crippen molar-refractivity contribution < 1.29 is 13.9 Å². The molecule has 1 amide bonds. The van der Waals surface area contributed by atoms with Crippen molar-refractivity contribution in [1.29, 1.82) is 0 Å². The van der Waals surface area contributed by atoms with Crippen molar-refractivity contribution in [2.45, 2.75) is 38.1 Å². The molecule has 0 radical (unpaired) electrons. The van der Waals surface area contributed by atoms with E-state index in [1.807, 2.05) is 0 Å². The molecule has 2 rings (SSSR count). The summed E-state index contributed by atoms with van der Waals surface area (Å²) in [5.41, 5.74) is 0.381. The van der Waals surface area contributed by atoms with E-state index in [-0.39, 0.29) is 17.7 Å². The first-order valence-electron chi connectivity index (χ1n) is 6.74. The normalized spacial score (nSPS) is 16.2. The summed E-state index contributed by atoms with van der Waals surface area (Å²) in [7, 11) is 3.22. The number of carbonyl (C=O) groups excluding carboxylic acids is 1. The van der Waals surface area contributed by atoms with Gasteiger partial charge in [-0.2, -0.15) is 0 Å². The number of ether oxygens (including phenoxy) is 1. The SMILES string of the molecule is COc1ccc(C(=O)N(C)C2CCCCC2)cc1F. The van der Waals surface area contributed by atoms with Crippen LogP contribution in [0.2, 0.25) is 0 Å². The van der Waals surface area contributed by atoms with E-state index in [0.717, 1.165) is 12.8 Å². The number of halogens is 1. The Kier molecular flexibility index (Phi) is 4.40. The van der Waals surface area contributed by atoms with Gasteiger partial charge in [0.2, 0.25) is 0 Å². The molecule has 0 atom stereocenters. The van der Waals surface area contributed by atoms with E-state index >= 15 is 0 Å². The molecule has 0 heterocycles. The summed E-state index contributed by atoms with van der Waals surface area (Å²) in [6.45, 7) is 0. The molecule has 104 valence electrons. The first kappa shape index (κ1) is 13.8. The molecular formula is C15H20FNO2.